The van der Waals surface area contributed by atoms with E-state index in [0.29, 0.717) is 0 Å². The number of hydrogen-bond acceptors (Lipinski definition) is 5. The molecule has 0 N–H and O–H groups in total. The van der Waals surface area contributed by atoms with Crippen molar-refractivity contribution in [1.82, 2.24) is 34.1 Å². The van der Waals surface area contributed by atoms with Gasteiger partial charge in [-0.05, 0) is 60.7 Å². The lowest BCUT2D eigenvalue weighted by Gasteiger charge is -2.15. The van der Waals surface area contributed by atoms with Gasteiger partial charge in [-0.1, -0.05) is 66.7 Å². The largest absolute Gasteiger partial charge is 0.307 e. The maximum absolute atomic E-state index is 5.09. The summed E-state index contributed by atoms with van der Waals surface area (Å²) in [5.74, 6) is 0. The van der Waals surface area contributed by atoms with Crippen LogP contribution in [-0.4, -0.2) is 34.1 Å². The molecule has 0 amide bonds. The molecule has 6 aromatic heterocycles. The fourth-order valence-corrected chi connectivity index (χ4v) is 7.16. The Balaban J connectivity index is 1.47. The molecular formula is C41H25N7. The topological polar surface area (TPSA) is 74.3 Å². The smallest absolute Gasteiger partial charge is 0.0994 e. The molecule has 0 saturated carbocycles. The molecule has 0 aliphatic heterocycles. The van der Waals surface area contributed by atoms with Crippen molar-refractivity contribution in [3.63, 3.8) is 0 Å². The number of aromatic nitrogens is 7. The van der Waals surface area contributed by atoms with Gasteiger partial charge in [0.2, 0.25) is 0 Å². The molecule has 10 aromatic rings. The molecule has 0 fully saturated rings. The lowest BCUT2D eigenvalue weighted by Crippen LogP contribution is -2.02. The maximum Gasteiger partial charge on any atom is 0.0994 e. The molecule has 4 aromatic carbocycles. The number of fused-ring (bicyclic) bond motifs is 10. The molecule has 0 bridgehead atoms. The van der Waals surface area contributed by atoms with Crippen LogP contribution in [0.3, 0.4) is 0 Å². The first-order chi connectivity index (χ1) is 23.8. The summed E-state index contributed by atoms with van der Waals surface area (Å²) in [6, 6.07) is 43.8. The summed E-state index contributed by atoms with van der Waals surface area (Å²) in [6.07, 6.45) is 7.19. The minimum atomic E-state index is 0.764. The molecule has 224 valence electrons. The number of benzene rings is 4. The van der Waals surface area contributed by atoms with Gasteiger partial charge < -0.3 is 9.13 Å². The zero-order valence-corrected chi connectivity index (χ0v) is 25.6. The van der Waals surface area contributed by atoms with Gasteiger partial charge in [-0.2, -0.15) is 0 Å². The normalized spacial score (nSPS) is 11.8. The summed E-state index contributed by atoms with van der Waals surface area (Å²) in [5.41, 5.74) is 11.2. The van der Waals surface area contributed by atoms with Crippen molar-refractivity contribution in [3.05, 3.63) is 152 Å². The molecule has 7 nitrogen and oxygen atoms in total. The monoisotopic (exact) mass is 615 g/mol. The van der Waals surface area contributed by atoms with E-state index in [0.717, 1.165) is 88.8 Å². The Kier molecular flexibility index (Phi) is 5.74. The van der Waals surface area contributed by atoms with Crippen molar-refractivity contribution in [2.45, 2.75) is 0 Å². The number of hydrogen-bond donors (Lipinski definition) is 0. The van der Waals surface area contributed by atoms with Crippen LogP contribution in [0.2, 0.25) is 0 Å². The highest BCUT2D eigenvalue weighted by molar-refractivity contribution is 6.34. The highest BCUT2D eigenvalue weighted by Gasteiger charge is 2.26. The zero-order chi connectivity index (χ0) is 31.6. The lowest BCUT2D eigenvalue weighted by atomic mass is 10.1. The molecule has 0 unspecified atom stereocenters. The second kappa shape index (κ2) is 10.4. The Morgan fingerprint density at radius 2 is 0.854 bits per heavy atom. The van der Waals surface area contributed by atoms with Crippen LogP contribution >= 0.6 is 0 Å². The highest BCUT2D eigenvalue weighted by Crippen LogP contribution is 2.45. The fraction of sp³-hybridized carbons (Fsp3) is 0. The number of rotatable bonds is 4. The average molecular weight is 616 g/mol. The van der Waals surface area contributed by atoms with Crippen LogP contribution in [0, 0.1) is 0 Å². The first kappa shape index (κ1) is 26.5. The van der Waals surface area contributed by atoms with Gasteiger partial charge in [0.15, 0.2) is 0 Å². The van der Waals surface area contributed by atoms with Crippen LogP contribution in [0.25, 0.3) is 88.8 Å². The van der Waals surface area contributed by atoms with Crippen LogP contribution in [0.4, 0.5) is 0 Å². The quantitative estimate of drug-likeness (QED) is 0.197. The van der Waals surface area contributed by atoms with Gasteiger partial charge in [0.25, 0.3) is 0 Å². The molecule has 6 heterocycles. The van der Waals surface area contributed by atoms with Crippen LogP contribution in [-0.2, 0) is 0 Å². The van der Waals surface area contributed by atoms with E-state index in [4.69, 9.17) is 15.0 Å². The summed E-state index contributed by atoms with van der Waals surface area (Å²) >= 11 is 0. The van der Waals surface area contributed by atoms with E-state index in [1.807, 2.05) is 36.4 Å². The average Bonchev–Trinajstić information content (AvgIpc) is 3.70. The second-order valence-electron chi connectivity index (χ2n) is 11.8. The summed E-state index contributed by atoms with van der Waals surface area (Å²) in [5, 5.41) is 4.34. The highest BCUT2D eigenvalue weighted by atomic mass is 15.1. The minimum Gasteiger partial charge on any atom is -0.307 e. The molecule has 0 atom stereocenters. The molecule has 10 rings (SSSR count). The first-order valence-electron chi connectivity index (χ1n) is 15.8. The molecule has 7 heteroatoms. The third-order valence-electron chi connectivity index (χ3n) is 9.08. The Labute approximate surface area is 274 Å². The van der Waals surface area contributed by atoms with Gasteiger partial charge in [-0.15, -0.1) is 0 Å². The third kappa shape index (κ3) is 3.85. The van der Waals surface area contributed by atoms with E-state index in [2.05, 4.69) is 110 Å². The van der Waals surface area contributed by atoms with Crippen molar-refractivity contribution < 1.29 is 0 Å². The van der Waals surface area contributed by atoms with Crippen molar-refractivity contribution in [1.29, 1.82) is 0 Å². The van der Waals surface area contributed by atoms with Crippen LogP contribution in [0.5, 0.6) is 0 Å². The Bertz CT molecular complexity index is 2760. The zero-order valence-electron chi connectivity index (χ0n) is 25.6. The van der Waals surface area contributed by atoms with E-state index in [1.165, 1.54) is 0 Å². The van der Waals surface area contributed by atoms with Gasteiger partial charge >= 0.3 is 0 Å². The van der Waals surface area contributed by atoms with Crippen LogP contribution in [0.1, 0.15) is 0 Å². The van der Waals surface area contributed by atoms with Crippen LogP contribution < -0.4 is 0 Å². The maximum atomic E-state index is 5.09. The number of para-hydroxylation sites is 3. The molecule has 0 aliphatic carbocycles. The Morgan fingerprint density at radius 3 is 1.38 bits per heavy atom. The van der Waals surface area contributed by atoms with E-state index < -0.39 is 0 Å². The second-order valence-corrected chi connectivity index (χ2v) is 11.8. The summed E-state index contributed by atoms with van der Waals surface area (Å²) in [6.45, 7) is 0. The molecule has 0 aliphatic rings. The minimum absolute atomic E-state index is 0.764. The summed E-state index contributed by atoms with van der Waals surface area (Å²) < 4.78 is 4.73. The Morgan fingerprint density at radius 1 is 0.375 bits per heavy atom. The van der Waals surface area contributed by atoms with Crippen LogP contribution in [0.15, 0.2) is 152 Å². The molecular weight excluding hydrogens is 591 g/mol. The molecule has 0 saturated heterocycles. The van der Waals surface area contributed by atoms with E-state index in [1.54, 1.807) is 24.8 Å². The van der Waals surface area contributed by atoms with Gasteiger partial charge in [0.05, 0.1) is 61.6 Å². The van der Waals surface area contributed by atoms with Gasteiger partial charge in [0.1, 0.15) is 0 Å². The van der Waals surface area contributed by atoms with Crippen molar-refractivity contribution in [2.24, 2.45) is 0 Å². The van der Waals surface area contributed by atoms with E-state index >= 15 is 0 Å². The SMILES string of the molecule is c1ccc(-n2c3ccccc3c3c4nccnc4c4c5ccccc5n(-c5cc(-c6ccccn6)nc(-c6ccccn6)c5)c4c32)cc1. The van der Waals surface area contributed by atoms with Crippen molar-refractivity contribution in [3.8, 4) is 34.2 Å². The van der Waals surface area contributed by atoms with Gasteiger partial charge in [-0.25, -0.2) is 4.98 Å². The van der Waals surface area contributed by atoms with Gasteiger partial charge in [-0.3, -0.25) is 19.9 Å². The van der Waals surface area contributed by atoms with Gasteiger partial charge in [0, 0.05) is 52.0 Å². The van der Waals surface area contributed by atoms with Crippen molar-refractivity contribution >= 4 is 54.6 Å². The first-order valence-corrected chi connectivity index (χ1v) is 15.8. The van der Waals surface area contributed by atoms with Crippen molar-refractivity contribution in [2.75, 3.05) is 0 Å². The number of pyridine rings is 3. The molecule has 0 spiro atoms. The number of nitrogens with zero attached hydrogens (tertiary/aromatic N) is 7. The standard InChI is InChI=1S/C41H25N7/c1-2-12-26(13-3-1)47-34-18-6-4-14-28(34)36-38-39(45-23-22-44-38)37-29-15-5-7-19-35(29)48(41(37)40(36)47)27-24-32(30-16-8-10-20-42-30)46-33(25-27)31-17-9-11-21-43-31/h1-25H. The van der Waals surface area contributed by atoms with E-state index in [-0.39, 0.29) is 0 Å². The predicted octanol–water partition coefficient (Wildman–Crippen LogP) is 9.34. The summed E-state index contributed by atoms with van der Waals surface area (Å²) in [7, 11) is 0. The molecule has 0 radical (unpaired) electrons. The fourth-order valence-electron chi connectivity index (χ4n) is 7.16. The Hall–Kier alpha value is -6.73. The van der Waals surface area contributed by atoms with E-state index in [9.17, 15) is 0 Å². The predicted molar refractivity (Wildman–Crippen MR) is 192 cm³/mol. The molecule has 48 heavy (non-hydrogen) atoms. The lowest BCUT2D eigenvalue weighted by molar-refractivity contribution is 1.13. The summed E-state index contributed by atoms with van der Waals surface area (Å²) in [4.78, 5) is 24.5. The third-order valence-corrected chi connectivity index (χ3v) is 9.08.